The Morgan fingerprint density at radius 3 is 1.60 bits per heavy atom. The summed E-state index contributed by atoms with van der Waals surface area (Å²) in [5.74, 6) is 3.30. The van der Waals surface area contributed by atoms with Gasteiger partial charge >= 0.3 is 0 Å². The molecule has 50 heavy (non-hydrogen) atoms. The summed E-state index contributed by atoms with van der Waals surface area (Å²) in [6.07, 6.45) is 0. The lowest BCUT2D eigenvalue weighted by Gasteiger charge is -2.30. The van der Waals surface area contributed by atoms with Crippen LogP contribution in [-0.4, -0.2) is 23.2 Å². The largest absolute Gasteiger partial charge is 0.473 e. The third-order valence-electron chi connectivity index (χ3n) is 9.25. The van der Waals surface area contributed by atoms with E-state index in [0.29, 0.717) is 36.0 Å². The molecular weight excluding hydrogens is 624 g/mol. The molecule has 8 heteroatoms. The van der Waals surface area contributed by atoms with Crippen molar-refractivity contribution in [2.75, 3.05) is 23.3 Å². The molecule has 2 aliphatic rings. The molecule has 0 aliphatic carbocycles. The Morgan fingerprint density at radius 1 is 0.520 bits per heavy atom. The lowest BCUT2D eigenvalue weighted by Crippen LogP contribution is -2.31. The van der Waals surface area contributed by atoms with E-state index >= 15 is 0 Å². The fourth-order valence-corrected chi connectivity index (χ4v) is 6.60. The minimum absolute atomic E-state index is 0.170. The number of ether oxygens (including phenoxy) is 3. The van der Waals surface area contributed by atoms with E-state index in [-0.39, 0.29) is 5.56 Å². The number of fused-ring (bicyclic) bond motifs is 3. The predicted molar refractivity (Wildman–Crippen MR) is 196 cm³/mol. The van der Waals surface area contributed by atoms with Crippen molar-refractivity contribution >= 4 is 22.1 Å². The van der Waals surface area contributed by atoms with Crippen LogP contribution in [0.25, 0.3) is 27.7 Å². The van der Waals surface area contributed by atoms with Gasteiger partial charge in [0.25, 0.3) is 5.56 Å². The maximum Gasteiger partial charge on any atom is 0.279 e. The third kappa shape index (κ3) is 5.56. The summed E-state index contributed by atoms with van der Waals surface area (Å²) in [4.78, 5) is 18.1. The molecule has 0 fully saturated rings. The molecule has 0 N–H and O–H groups in total. The average molecular weight is 657 g/mol. The van der Waals surface area contributed by atoms with E-state index < -0.39 is 0 Å². The molecule has 1 aromatic heterocycles. The standard InChI is InChI=1S/C42H32N4O4/c47-42-38-10-4-3-9-37(38)41(43-46(42)34-17-15-32(16-18-34)44-25-30-7-1-5-11-39(30)48-27-44)29-13-21-35(22-14-29)50-36-23-19-33(20-24-36)45-26-31-8-2-6-12-40(31)49-28-45/h1-24H,25-28H2. The van der Waals surface area contributed by atoms with Crippen LogP contribution in [0.1, 0.15) is 11.1 Å². The van der Waals surface area contributed by atoms with Crippen molar-refractivity contribution in [3.63, 3.8) is 0 Å². The number of rotatable bonds is 6. The molecule has 0 radical (unpaired) electrons. The van der Waals surface area contributed by atoms with E-state index in [2.05, 4.69) is 21.9 Å². The summed E-state index contributed by atoms with van der Waals surface area (Å²) in [5.41, 5.74) is 6.50. The Bertz CT molecular complexity index is 2390. The molecule has 3 heterocycles. The van der Waals surface area contributed by atoms with Gasteiger partial charge in [-0.1, -0.05) is 54.6 Å². The van der Waals surface area contributed by atoms with Crippen molar-refractivity contribution < 1.29 is 14.2 Å². The third-order valence-corrected chi connectivity index (χ3v) is 9.25. The van der Waals surface area contributed by atoms with Gasteiger partial charge < -0.3 is 24.0 Å². The average Bonchev–Trinajstić information content (AvgIpc) is 3.18. The van der Waals surface area contributed by atoms with Gasteiger partial charge in [-0.25, -0.2) is 0 Å². The van der Waals surface area contributed by atoms with Crippen LogP contribution >= 0.6 is 0 Å². The number of nitrogens with zero attached hydrogens (tertiary/aromatic N) is 4. The van der Waals surface area contributed by atoms with Crippen LogP contribution in [0.2, 0.25) is 0 Å². The van der Waals surface area contributed by atoms with Gasteiger partial charge in [-0.2, -0.15) is 9.78 Å². The van der Waals surface area contributed by atoms with E-state index in [1.54, 1.807) is 0 Å². The molecule has 8 nitrogen and oxygen atoms in total. The Kier molecular flexibility index (Phi) is 7.39. The molecule has 0 bridgehead atoms. The van der Waals surface area contributed by atoms with E-state index in [9.17, 15) is 4.79 Å². The first kappa shape index (κ1) is 29.6. The quantitative estimate of drug-likeness (QED) is 0.178. The van der Waals surface area contributed by atoms with E-state index in [1.165, 1.54) is 10.2 Å². The second-order valence-electron chi connectivity index (χ2n) is 12.4. The highest BCUT2D eigenvalue weighted by Gasteiger charge is 2.19. The molecule has 2 aliphatic heterocycles. The zero-order chi connectivity index (χ0) is 33.4. The monoisotopic (exact) mass is 656 g/mol. The molecule has 0 saturated carbocycles. The first-order valence-electron chi connectivity index (χ1n) is 16.6. The number of hydrogen-bond acceptors (Lipinski definition) is 7. The fourth-order valence-electron chi connectivity index (χ4n) is 6.60. The van der Waals surface area contributed by atoms with Crippen LogP contribution in [0.4, 0.5) is 11.4 Å². The molecule has 244 valence electrons. The molecule has 0 unspecified atom stereocenters. The Balaban J connectivity index is 0.950. The maximum atomic E-state index is 13.7. The molecule has 6 aromatic carbocycles. The number of hydrogen-bond donors (Lipinski definition) is 0. The first-order chi connectivity index (χ1) is 24.7. The van der Waals surface area contributed by atoms with Gasteiger partial charge in [0.15, 0.2) is 13.5 Å². The summed E-state index contributed by atoms with van der Waals surface area (Å²) in [5, 5.41) is 6.30. The second kappa shape index (κ2) is 12.5. The second-order valence-corrected chi connectivity index (χ2v) is 12.4. The first-order valence-corrected chi connectivity index (χ1v) is 16.6. The molecule has 0 spiro atoms. The molecule has 9 rings (SSSR count). The molecule has 7 aromatic rings. The summed E-state index contributed by atoms with van der Waals surface area (Å²) >= 11 is 0. The normalized spacial score (nSPS) is 13.6. The van der Waals surface area contributed by atoms with E-state index in [4.69, 9.17) is 19.3 Å². The van der Waals surface area contributed by atoms with Crippen LogP contribution < -0.4 is 29.6 Å². The highest BCUT2D eigenvalue weighted by molar-refractivity contribution is 5.94. The fraction of sp³-hybridized carbons (Fsp3) is 0.0952. The smallest absolute Gasteiger partial charge is 0.279 e. The van der Waals surface area contributed by atoms with Crippen molar-refractivity contribution in [3.8, 4) is 39.9 Å². The summed E-state index contributed by atoms with van der Waals surface area (Å²) in [7, 11) is 0. The van der Waals surface area contributed by atoms with Crippen molar-refractivity contribution in [2.45, 2.75) is 13.1 Å². The number of aromatic nitrogens is 2. The predicted octanol–water partition coefficient (Wildman–Crippen LogP) is 8.56. The van der Waals surface area contributed by atoms with E-state index in [1.807, 2.05) is 133 Å². The minimum atomic E-state index is -0.170. The van der Waals surface area contributed by atoms with Gasteiger partial charge in [0.2, 0.25) is 0 Å². The molecular formula is C42H32N4O4. The number of benzene rings is 6. The van der Waals surface area contributed by atoms with Gasteiger partial charge in [-0.05, 0) is 91.0 Å². The van der Waals surface area contributed by atoms with Crippen LogP contribution in [-0.2, 0) is 13.1 Å². The minimum Gasteiger partial charge on any atom is -0.473 e. The van der Waals surface area contributed by atoms with Crippen molar-refractivity contribution in [2.24, 2.45) is 0 Å². The summed E-state index contributed by atoms with van der Waals surface area (Å²) in [6.45, 7) is 2.51. The lowest BCUT2D eigenvalue weighted by atomic mass is 10.0. The van der Waals surface area contributed by atoms with Crippen LogP contribution in [0.3, 0.4) is 0 Å². The van der Waals surface area contributed by atoms with Gasteiger partial charge in [0.1, 0.15) is 23.0 Å². The van der Waals surface area contributed by atoms with Crippen molar-refractivity contribution in [1.82, 2.24) is 9.78 Å². The van der Waals surface area contributed by atoms with Gasteiger partial charge in [0.05, 0.1) is 16.8 Å². The van der Waals surface area contributed by atoms with Gasteiger partial charge in [-0.15, -0.1) is 0 Å². The van der Waals surface area contributed by atoms with Gasteiger partial charge in [0, 0.05) is 46.5 Å². The Morgan fingerprint density at radius 2 is 1.00 bits per heavy atom. The van der Waals surface area contributed by atoms with Crippen LogP contribution in [0, 0.1) is 0 Å². The van der Waals surface area contributed by atoms with Crippen molar-refractivity contribution in [1.29, 1.82) is 0 Å². The topological polar surface area (TPSA) is 69.1 Å². The van der Waals surface area contributed by atoms with Crippen molar-refractivity contribution in [3.05, 3.63) is 167 Å². The lowest BCUT2D eigenvalue weighted by molar-refractivity contribution is 0.289. The summed E-state index contributed by atoms with van der Waals surface area (Å²) < 4.78 is 19.6. The molecule has 0 amide bonds. The Hall–Kier alpha value is -6.54. The van der Waals surface area contributed by atoms with Gasteiger partial charge in [-0.3, -0.25) is 4.79 Å². The number of para-hydroxylation sites is 2. The maximum absolute atomic E-state index is 13.7. The summed E-state index contributed by atoms with van der Waals surface area (Å²) in [6, 6.07) is 47.6. The Labute approximate surface area is 288 Å². The highest BCUT2D eigenvalue weighted by Crippen LogP contribution is 2.33. The zero-order valence-electron chi connectivity index (χ0n) is 27.1. The van der Waals surface area contributed by atoms with E-state index in [0.717, 1.165) is 58.2 Å². The molecule has 0 atom stereocenters. The SMILES string of the molecule is O=c1c2ccccc2c(-c2ccc(Oc3ccc(N4COc5ccccc5C4)cc3)cc2)nn1-c1ccc(N2COc3ccccc3C2)cc1. The number of anilines is 2. The zero-order valence-corrected chi connectivity index (χ0v) is 27.1. The van der Waals surface area contributed by atoms with Crippen LogP contribution in [0.15, 0.2) is 150 Å². The molecule has 0 saturated heterocycles. The highest BCUT2D eigenvalue weighted by atomic mass is 16.5. The van der Waals surface area contributed by atoms with Crippen LogP contribution in [0.5, 0.6) is 23.0 Å².